The fourth-order valence-electron chi connectivity index (χ4n) is 2.91. The van der Waals surface area contributed by atoms with Crippen LogP contribution in [0.3, 0.4) is 0 Å². The molecule has 1 aliphatic heterocycles. The van der Waals surface area contributed by atoms with Gasteiger partial charge in [-0.2, -0.15) is 13.2 Å². The highest BCUT2D eigenvalue weighted by atomic mass is 19.4. The summed E-state index contributed by atoms with van der Waals surface area (Å²) in [5, 5.41) is 3.13. The summed E-state index contributed by atoms with van der Waals surface area (Å²) in [6.07, 6.45) is -1.40. The molecule has 0 bridgehead atoms. The van der Waals surface area contributed by atoms with Gasteiger partial charge in [0, 0.05) is 38.1 Å². The maximum atomic E-state index is 12.7. The maximum Gasteiger partial charge on any atom is 0.416 e. The van der Waals surface area contributed by atoms with Crippen molar-refractivity contribution >= 4 is 23.1 Å². The van der Waals surface area contributed by atoms with Crippen LogP contribution in [0.5, 0.6) is 0 Å². The van der Waals surface area contributed by atoms with Crippen molar-refractivity contribution < 1.29 is 18.0 Å². The second kappa shape index (κ2) is 7.69. The van der Waals surface area contributed by atoms with Crippen LogP contribution in [0.15, 0.2) is 55.3 Å². The normalized spacial score (nSPS) is 14.8. The van der Waals surface area contributed by atoms with E-state index in [0.717, 1.165) is 12.1 Å². The Kier molecular flexibility index (Phi) is 5.34. The molecule has 0 aliphatic carbocycles. The summed E-state index contributed by atoms with van der Waals surface area (Å²) < 4.78 is 38.1. The summed E-state index contributed by atoms with van der Waals surface area (Å²) >= 11 is 0. The van der Waals surface area contributed by atoms with Crippen molar-refractivity contribution in [3.63, 3.8) is 0 Å². The van der Waals surface area contributed by atoms with Crippen LogP contribution in [0, 0.1) is 0 Å². The number of carbonyl (C=O) groups is 1. The predicted molar refractivity (Wildman–Crippen MR) is 98.0 cm³/mol. The number of alkyl halides is 3. The van der Waals surface area contributed by atoms with E-state index in [1.807, 2.05) is 11.0 Å². The molecule has 1 saturated heterocycles. The third-order valence-electron chi connectivity index (χ3n) is 4.34. The molecule has 2 heterocycles. The number of hydrogen-bond acceptors (Lipinski definition) is 4. The molecule has 0 radical (unpaired) electrons. The van der Waals surface area contributed by atoms with E-state index in [9.17, 15) is 18.0 Å². The van der Waals surface area contributed by atoms with Crippen molar-refractivity contribution in [1.29, 1.82) is 0 Å². The molecule has 5 nitrogen and oxygen atoms in total. The molecular formula is C19H19F3N4O. The second-order valence-corrected chi connectivity index (χ2v) is 6.09. The Morgan fingerprint density at radius 1 is 1.11 bits per heavy atom. The number of aromatic nitrogens is 1. The van der Waals surface area contributed by atoms with E-state index in [4.69, 9.17) is 0 Å². The van der Waals surface area contributed by atoms with Crippen LogP contribution in [0.25, 0.3) is 0 Å². The molecule has 27 heavy (non-hydrogen) atoms. The van der Waals surface area contributed by atoms with Gasteiger partial charge in [-0.15, -0.1) is 0 Å². The smallest absolute Gasteiger partial charge is 0.353 e. The lowest BCUT2D eigenvalue weighted by Gasteiger charge is -2.35. The van der Waals surface area contributed by atoms with E-state index in [-0.39, 0.29) is 5.91 Å². The fourth-order valence-corrected chi connectivity index (χ4v) is 2.91. The fraction of sp³-hybridized carbons (Fsp3) is 0.263. The number of anilines is 3. The van der Waals surface area contributed by atoms with Crippen molar-refractivity contribution in [2.75, 3.05) is 36.4 Å². The zero-order chi connectivity index (χ0) is 19.4. The Morgan fingerprint density at radius 2 is 1.78 bits per heavy atom. The van der Waals surface area contributed by atoms with Crippen LogP contribution in [0.1, 0.15) is 5.56 Å². The van der Waals surface area contributed by atoms with E-state index in [2.05, 4.69) is 16.9 Å². The number of amides is 1. The Morgan fingerprint density at radius 3 is 2.37 bits per heavy atom. The first-order valence-corrected chi connectivity index (χ1v) is 8.44. The lowest BCUT2D eigenvalue weighted by atomic mass is 10.2. The minimum atomic E-state index is -4.36. The summed E-state index contributed by atoms with van der Waals surface area (Å²) in [4.78, 5) is 19.9. The van der Waals surface area contributed by atoms with E-state index >= 15 is 0 Å². The Hall–Kier alpha value is -3.03. The maximum absolute atomic E-state index is 12.7. The van der Waals surface area contributed by atoms with Gasteiger partial charge in [0.2, 0.25) is 5.91 Å². The monoisotopic (exact) mass is 376 g/mol. The predicted octanol–water partition coefficient (Wildman–Crippen LogP) is 3.68. The molecule has 142 valence electrons. The molecular weight excluding hydrogens is 357 g/mol. The number of piperazine rings is 1. The summed E-state index contributed by atoms with van der Waals surface area (Å²) in [6.45, 7) is 5.83. The molecule has 1 aromatic carbocycles. The number of nitrogens with zero attached hydrogens (tertiary/aromatic N) is 3. The molecule has 1 N–H and O–H groups in total. The molecule has 2 aromatic rings. The molecule has 1 fully saturated rings. The van der Waals surface area contributed by atoms with Gasteiger partial charge in [0.15, 0.2) is 5.82 Å². The molecule has 0 spiro atoms. The number of hydrogen-bond donors (Lipinski definition) is 1. The van der Waals surface area contributed by atoms with Crippen molar-refractivity contribution in [3.05, 3.63) is 60.8 Å². The largest absolute Gasteiger partial charge is 0.416 e. The highest BCUT2D eigenvalue weighted by molar-refractivity contribution is 5.87. The Labute approximate surface area is 155 Å². The van der Waals surface area contributed by atoms with Gasteiger partial charge in [0.05, 0.1) is 11.3 Å². The van der Waals surface area contributed by atoms with Crippen LogP contribution in [0.4, 0.5) is 30.4 Å². The van der Waals surface area contributed by atoms with Gasteiger partial charge < -0.3 is 15.1 Å². The average molecular weight is 376 g/mol. The summed E-state index contributed by atoms with van der Waals surface area (Å²) in [6, 6.07) is 8.44. The molecule has 0 atom stereocenters. The van der Waals surface area contributed by atoms with E-state index in [1.54, 1.807) is 17.2 Å². The Bertz CT molecular complexity index is 812. The molecule has 3 rings (SSSR count). The van der Waals surface area contributed by atoms with E-state index < -0.39 is 11.7 Å². The number of nitrogens with one attached hydrogen (secondary N) is 1. The Balaban J connectivity index is 1.73. The highest BCUT2D eigenvalue weighted by Crippen LogP contribution is 2.32. The van der Waals surface area contributed by atoms with Gasteiger partial charge in [-0.1, -0.05) is 6.58 Å². The summed E-state index contributed by atoms with van der Waals surface area (Å²) in [7, 11) is 0. The van der Waals surface area contributed by atoms with E-state index in [0.29, 0.717) is 43.4 Å². The summed E-state index contributed by atoms with van der Waals surface area (Å²) in [5.41, 5.74) is 0.543. The molecule has 1 amide bonds. The van der Waals surface area contributed by atoms with Gasteiger partial charge in [-0.3, -0.25) is 4.79 Å². The lowest BCUT2D eigenvalue weighted by Crippen LogP contribution is -2.48. The van der Waals surface area contributed by atoms with Gasteiger partial charge >= 0.3 is 6.18 Å². The zero-order valence-corrected chi connectivity index (χ0v) is 14.5. The van der Waals surface area contributed by atoms with Gasteiger partial charge in [-0.05, 0) is 42.5 Å². The average Bonchev–Trinajstić information content (AvgIpc) is 2.68. The van der Waals surface area contributed by atoms with Gasteiger partial charge in [0.1, 0.15) is 0 Å². The highest BCUT2D eigenvalue weighted by Gasteiger charge is 2.30. The molecule has 8 heteroatoms. The van der Waals surface area contributed by atoms with Crippen LogP contribution in [-0.4, -0.2) is 42.0 Å². The first kappa shape index (κ1) is 18.8. The van der Waals surface area contributed by atoms with Crippen LogP contribution < -0.4 is 10.2 Å². The number of carbonyl (C=O) groups excluding carboxylic acids is 1. The molecule has 0 unspecified atom stereocenters. The topological polar surface area (TPSA) is 48.5 Å². The standard InChI is InChI=1S/C19H19F3N4O/c1-2-17(27)25-10-12-26(13-11-25)18-16(4-3-9-23-18)24-15-7-5-14(6-8-15)19(20,21)22/h2-9,24H,1,10-13H2. The first-order chi connectivity index (χ1) is 12.9. The van der Waals surface area contributed by atoms with E-state index in [1.165, 1.54) is 18.2 Å². The molecule has 1 aliphatic rings. The number of benzene rings is 1. The number of pyridine rings is 1. The van der Waals surface area contributed by atoms with Crippen molar-refractivity contribution in [3.8, 4) is 0 Å². The minimum absolute atomic E-state index is 0.0984. The quantitative estimate of drug-likeness (QED) is 0.827. The number of halogens is 3. The molecule has 1 aromatic heterocycles. The molecule has 0 saturated carbocycles. The number of rotatable bonds is 4. The second-order valence-electron chi connectivity index (χ2n) is 6.09. The van der Waals surface area contributed by atoms with Crippen molar-refractivity contribution in [2.24, 2.45) is 0 Å². The zero-order valence-electron chi connectivity index (χ0n) is 14.5. The third-order valence-corrected chi connectivity index (χ3v) is 4.34. The van der Waals surface area contributed by atoms with Crippen molar-refractivity contribution in [1.82, 2.24) is 9.88 Å². The summed E-state index contributed by atoms with van der Waals surface area (Å²) in [5.74, 6) is 0.599. The SMILES string of the molecule is C=CC(=O)N1CCN(c2ncccc2Nc2ccc(C(F)(F)F)cc2)CC1. The van der Waals surface area contributed by atoms with Crippen LogP contribution in [-0.2, 0) is 11.0 Å². The first-order valence-electron chi connectivity index (χ1n) is 8.44. The minimum Gasteiger partial charge on any atom is -0.353 e. The van der Waals surface area contributed by atoms with Crippen molar-refractivity contribution in [2.45, 2.75) is 6.18 Å². The van der Waals surface area contributed by atoms with Crippen LogP contribution >= 0.6 is 0 Å². The third kappa shape index (κ3) is 4.39. The van der Waals surface area contributed by atoms with Gasteiger partial charge in [-0.25, -0.2) is 4.98 Å². The lowest BCUT2D eigenvalue weighted by molar-refractivity contribution is -0.137. The van der Waals surface area contributed by atoms with Gasteiger partial charge in [0.25, 0.3) is 0 Å². The van der Waals surface area contributed by atoms with Crippen LogP contribution in [0.2, 0.25) is 0 Å².